The number of benzene rings is 2. The SMILES string of the molecule is C[C@@H](c1ccccc1Cl)N1CCN(S(=O)(=O)c2ccccc2C#N)CC1. The number of nitrogens with zero attached hydrogens (tertiary/aromatic N) is 3. The van der Waals surface area contributed by atoms with E-state index in [1.165, 1.54) is 16.4 Å². The highest BCUT2D eigenvalue weighted by Crippen LogP contribution is 2.29. The number of nitriles is 1. The first-order chi connectivity index (χ1) is 12.4. The van der Waals surface area contributed by atoms with Crippen molar-refractivity contribution in [2.75, 3.05) is 26.2 Å². The van der Waals surface area contributed by atoms with E-state index in [9.17, 15) is 13.7 Å². The first kappa shape index (κ1) is 18.9. The molecule has 3 rings (SSSR count). The van der Waals surface area contributed by atoms with Crippen molar-refractivity contribution in [3.63, 3.8) is 0 Å². The van der Waals surface area contributed by atoms with Crippen molar-refractivity contribution < 1.29 is 8.42 Å². The third-order valence-corrected chi connectivity index (χ3v) is 7.10. The molecule has 1 aliphatic rings. The standard InChI is InChI=1S/C19H20ClN3O2S/c1-15(17-7-3-4-8-18(17)20)22-10-12-23(13-11-22)26(24,25)19-9-5-2-6-16(19)14-21/h2-9,15H,10-13H2,1H3/t15-/m0/s1. The van der Waals surface area contributed by atoms with Gasteiger partial charge in [-0.15, -0.1) is 0 Å². The minimum Gasteiger partial charge on any atom is -0.294 e. The number of halogens is 1. The van der Waals surface area contributed by atoms with Crippen LogP contribution >= 0.6 is 11.6 Å². The smallest absolute Gasteiger partial charge is 0.244 e. The van der Waals surface area contributed by atoms with Crippen LogP contribution in [-0.4, -0.2) is 43.8 Å². The lowest BCUT2D eigenvalue weighted by molar-refractivity contribution is 0.146. The molecule has 1 atom stereocenters. The Balaban J connectivity index is 1.74. The van der Waals surface area contributed by atoms with Gasteiger partial charge in [-0.1, -0.05) is 41.9 Å². The first-order valence-electron chi connectivity index (χ1n) is 8.43. The Morgan fingerprint density at radius 3 is 2.31 bits per heavy atom. The average Bonchev–Trinajstić information content (AvgIpc) is 2.68. The van der Waals surface area contributed by atoms with Gasteiger partial charge in [0.2, 0.25) is 10.0 Å². The van der Waals surface area contributed by atoms with Crippen molar-refractivity contribution in [1.29, 1.82) is 5.26 Å². The maximum Gasteiger partial charge on any atom is 0.244 e. The molecule has 2 aromatic rings. The number of hydrogen-bond donors (Lipinski definition) is 0. The maximum absolute atomic E-state index is 12.9. The second kappa shape index (κ2) is 7.77. The monoisotopic (exact) mass is 389 g/mol. The summed E-state index contributed by atoms with van der Waals surface area (Å²) in [6, 6.07) is 16.1. The summed E-state index contributed by atoms with van der Waals surface area (Å²) in [5.41, 5.74) is 1.22. The number of hydrogen-bond acceptors (Lipinski definition) is 4. The van der Waals surface area contributed by atoms with E-state index in [2.05, 4.69) is 11.8 Å². The van der Waals surface area contributed by atoms with Gasteiger partial charge in [0.1, 0.15) is 6.07 Å². The summed E-state index contributed by atoms with van der Waals surface area (Å²) < 4.78 is 27.3. The number of piperazine rings is 1. The molecule has 1 fully saturated rings. The van der Waals surface area contributed by atoms with E-state index in [1.807, 2.05) is 30.3 Å². The highest BCUT2D eigenvalue weighted by atomic mass is 35.5. The summed E-state index contributed by atoms with van der Waals surface area (Å²) in [5, 5.41) is 9.91. The van der Waals surface area contributed by atoms with Crippen LogP contribution in [0, 0.1) is 11.3 Å². The van der Waals surface area contributed by atoms with Crippen LogP contribution in [0.4, 0.5) is 0 Å². The molecular weight excluding hydrogens is 370 g/mol. The van der Waals surface area contributed by atoms with Crippen LogP contribution in [0.15, 0.2) is 53.4 Å². The topological polar surface area (TPSA) is 64.4 Å². The van der Waals surface area contributed by atoms with E-state index < -0.39 is 10.0 Å². The van der Waals surface area contributed by atoms with E-state index in [0.29, 0.717) is 26.2 Å². The van der Waals surface area contributed by atoms with E-state index in [4.69, 9.17) is 11.6 Å². The van der Waals surface area contributed by atoms with Crippen molar-refractivity contribution in [2.24, 2.45) is 0 Å². The van der Waals surface area contributed by atoms with Crippen LogP contribution < -0.4 is 0 Å². The van der Waals surface area contributed by atoms with Crippen LogP contribution in [0.1, 0.15) is 24.1 Å². The highest BCUT2D eigenvalue weighted by Gasteiger charge is 2.32. The fraction of sp³-hybridized carbons (Fsp3) is 0.316. The Morgan fingerprint density at radius 1 is 1.04 bits per heavy atom. The lowest BCUT2D eigenvalue weighted by Crippen LogP contribution is -2.49. The Morgan fingerprint density at radius 2 is 1.65 bits per heavy atom. The zero-order valence-corrected chi connectivity index (χ0v) is 16.0. The Labute approximate surface area is 159 Å². The molecule has 7 heteroatoms. The van der Waals surface area contributed by atoms with Gasteiger partial charge in [-0.25, -0.2) is 8.42 Å². The molecule has 0 aromatic heterocycles. The lowest BCUT2D eigenvalue weighted by Gasteiger charge is -2.37. The predicted octanol–water partition coefficient (Wildman–Crippen LogP) is 3.28. The normalized spacial score (nSPS) is 17.6. The maximum atomic E-state index is 12.9. The van der Waals surface area contributed by atoms with Gasteiger partial charge in [-0.2, -0.15) is 9.57 Å². The van der Waals surface area contributed by atoms with Gasteiger partial charge >= 0.3 is 0 Å². The number of rotatable bonds is 4. The molecule has 1 aliphatic heterocycles. The van der Waals surface area contributed by atoms with Crippen molar-refractivity contribution in [2.45, 2.75) is 17.9 Å². The average molecular weight is 390 g/mol. The predicted molar refractivity (Wildman–Crippen MR) is 101 cm³/mol. The van der Waals surface area contributed by atoms with E-state index in [0.717, 1.165) is 10.6 Å². The third-order valence-electron chi connectivity index (χ3n) is 4.80. The quantitative estimate of drug-likeness (QED) is 0.804. The second-order valence-corrected chi connectivity index (χ2v) is 8.56. The van der Waals surface area contributed by atoms with Crippen LogP contribution in [0.5, 0.6) is 0 Å². The van der Waals surface area contributed by atoms with E-state index in [-0.39, 0.29) is 16.5 Å². The molecule has 0 N–H and O–H groups in total. The Kier molecular flexibility index (Phi) is 5.64. The molecule has 0 bridgehead atoms. The van der Waals surface area contributed by atoms with Crippen molar-refractivity contribution in [3.05, 3.63) is 64.7 Å². The largest absolute Gasteiger partial charge is 0.294 e. The summed E-state index contributed by atoms with van der Waals surface area (Å²) in [6.45, 7) is 4.07. The van der Waals surface area contributed by atoms with Gasteiger partial charge in [0.05, 0.1) is 10.5 Å². The molecule has 0 amide bonds. The second-order valence-electron chi connectivity index (χ2n) is 6.25. The van der Waals surface area contributed by atoms with Gasteiger partial charge in [-0.3, -0.25) is 4.90 Å². The molecule has 1 saturated heterocycles. The summed E-state index contributed by atoms with van der Waals surface area (Å²) in [5.74, 6) is 0. The van der Waals surface area contributed by atoms with Crippen LogP contribution in [-0.2, 0) is 10.0 Å². The van der Waals surface area contributed by atoms with Crippen LogP contribution in [0.3, 0.4) is 0 Å². The lowest BCUT2D eigenvalue weighted by atomic mass is 10.1. The van der Waals surface area contributed by atoms with Gasteiger partial charge in [-0.05, 0) is 30.7 Å². The summed E-state index contributed by atoms with van der Waals surface area (Å²) in [4.78, 5) is 2.30. The molecule has 136 valence electrons. The minimum atomic E-state index is -3.67. The molecule has 0 unspecified atom stereocenters. The van der Waals surface area contributed by atoms with Crippen molar-refractivity contribution in [1.82, 2.24) is 9.21 Å². The molecule has 5 nitrogen and oxygen atoms in total. The van der Waals surface area contributed by atoms with Crippen LogP contribution in [0.25, 0.3) is 0 Å². The Bertz CT molecular complexity index is 932. The van der Waals surface area contributed by atoms with E-state index in [1.54, 1.807) is 12.1 Å². The molecule has 0 aliphatic carbocycles. The highest BCUT2D eigenvalue weighted by molar-refractivity contribution is 7.89. The molecular formula is C19H20ClN3O2S. The minimum absolute atomic E-state index is 0.0788. The summed E-state index contributed by atoms with van der Waals surface area (Å²) in [6.07, 6.45) is 0. The molecule has 1 heterocycles. The zero-order valence-electron chi connectivity index (χ0n) is 14.5. The number of sulfonamides is 1. The van der Waals surface area contributed by atoms with Gasteiger partial charge in [0, 0.05) is 37.2 Å². The molecule has 0 saturated carbocycles. The molecule has 0 radical (unpaired) electrons. The molecule has 2 aromatic carbocycles. The summed E-state index contributed by atoms with van der Waals surface area (Å²) in [7, 11) is -3.67. The first-order valence-corrected chi connectivity index (χ1v) is 10.2. The van der Waals surface area contributed by atoms with Gasteiger partial charge < -0.3 is 0 Å². The van der Waals surface area contributed by atoms with Crippen molar-refractivity contribution in [3.8, 4) is 6.07 Å². The van der Waals surface area contributed by atoms with Crippen LogP contribution in [0.2, 0.25) is 5.02 Å². The van der Waals surface area contributed by atoms with Gasteiger partial charge in [0.25, 0.3) is 0 Å². The summed E-state index contributed by atoms with van der Waals surface area (Å²) >= 11 is 6.29. The Hall–Kier alpha value is -1.91. The fourth-order valence-corrected chi connectivity index (χ4v) is 5.12. The van der Waals surface area contributed by atoms with Gasteiger partial charge in [0.15, 0.2) is 0 Å². The van der Waals surface area contributed by atoms with Crippen molar-refractivity contribution >= 4 is 21.6 Å². The molecule has 26 heavy (non-hydrogen) atoms. The molecule has 0 spiro atoms. The fourth-order valence-electron chi connectivity index (χ4n) is 3.26. The third kappa shape index (κ3) is 3.62. The van der Waals surface area contributed by atoms with E-state index >= 15 is 0 Å². The zero-order chi connectivity index (χ0) is 18.7.